The number of ether oxygens (including phenoxy) is 1. The van der Waals surface area contributed by atoms with Crippen LogP contribution in [0.2, 0.25) is 5.02 Å². The van der Waals surface area contributed by atoms with Crippen LogP contribution in [0.15, 0.2) is 18.3 Å². The molecule has 5 rings (SSSR count). The summed E-state index contributed by atoms with van der Waals surface area (Å²) in [7, 11) is 0. The Hall–Kier alpha value is -1.63. The Morgan fingerprint density at radius 2 is 2.00 bits per heavy atom. The van der Waals surface area contributed by atoms with Crippen LogP contribution < -0.4 is 0 Å². The first-order chi connectivity index (χ1) is 13.5. The number of aromatic nitrogens is 2. The van der Waals surface area contributed by atoms with Crippen molar-refractivity contribution in [1.82, 2.24) is 19.2 Å². The highest BCUT2D eigenvalue weighted by Gasteiger charge is 2.39. The third kappa shape index (κ3) is 3.21. The van der Waals surface area contributed by atoms with Gasteiger partial charge in [-0.05, 0) is 51.2 Å². The number of carbonyl (C=O) groups is 1. The van der Waals surface area contributed by atoms with E-state index in [1.807, 2.05) is 41.5 Å². The van der Waals surface area contributed by atoms with Crippen molar-refractivity contribution in [2.45, 2.75) is 57.9 Å². The van der Waals surface area contributed by atoms with Crippen molar-refractivity contribution < 1.29 is 9.53 Å². The number of morpholine rings is 1. The van der Waals surface area contributed by atoms with Gasteiger partial charge in [0.15, 0.2) is 5.69 Å². The van der Waals surface area contributed by atoms with Gasteiger partial charge in [0.25, 0.3) is 5.91 Å². The van der Waals surface area contributed by atoms with Crippen molar-refractivity contribution in [1.29, 1.82) is 0 Å². The van der Waals surface area contributed by atoms with Crippen LogP contribution >= 0.6 is 11.6 Å². The van der Waals surface area contributed by atoms with Crippen molar-refractivity contribution >= 4 is 23.2 Å². The number of hydrogen-bond acceptors (Lipinski definition) is 4. The van der Waals surface area contributed by atoms with E-state index in [4.69, 9.17) is 21.3 Å². The molecule has 0 radical (unpaired) electrons. The van der Waals surface area contributed by atoms with E-state index in [-0.39, 0.29) is 18.1 Å². The Labute approximate surface area is 170 Å². The molecule has 1 aliphatic carbocycles. The van der Waals surface area contributed by atoms with Crippen LogP contribution in [0, 0.1) is 5.92 Å². The van der Waals surface area contributed by atoms with E-state index in [2.05, 4.69) is 4.90 Å². The second-order valence-electron chi connectivity index (χ2n) is 8.71. The highest BCUT2D eigenvalue weighted by molar-refractivity contribution is 6.30. The maximum absolute atomic E-state index is 13.4. The molecule has 0 unspecified atom stereocenters. The van der Waals surface area contributed by atoms with Crippen LogP contribution in [-0.2, 0) is 11.3 Å². The third-order valence-electron chi connectivity index (χ3n) is 6.47. The molecule has 7 heteroatoms. The maximum Gasteiger partial charge on any atom is 0.274 e. The number of fused-ring (bicyclic) bond motifs is 3. The van der Waals surface area contributed by atoms with Crippen LogP contribution in [0.1, 0.15) is 49.3 Å². The third-order valence-corrected chi connectivity index (χ3v) is 6.69. The minimum absolute atomic E-state index is 0.00109. The molecule has 2 aromatic rings. The molecule has 2 saturated heterocycles. The molecule has 2 aliphatic heterocycles. The van der Waals surface area contributed by atoms with Gasteiger partial charge < -0.3 is 14.0 Å². The van der Waals surface area contributed by atoms with Gasteiger partial charge >= 0.3 is 0 Å². The molecule has 4 atom stereocenters. The van der Waals surface area contributed by atoms with E-state index < -0.39 is 0 Å². The van der Waals surface area contributed by atoms with E-state index in [0.29, 0.717) is 29.8 Å². The van der Waals surface area contributed by atoms with Crippen LogP contribution in [0.5, 0.6) is 0 Å². The van der Waals surface area contributed by atoms with Crippen molar-refractivity contribution in [3.05, 3.63) is 34.7 Å². The number of halogens is 1. The van der Waals surface area contributed by atoms with E-state index in [0.717, 1.165) is 30.3 Å². The summed E-state index contributed by atoms with van der Waals surface area (Å²) in [5.41, 5.74) is 2.30. The van der Waals surface area contributed by atoms with Gasteiger partial charge in [-0.25, -0.2) is 4.98 Å². The summed E-state index contributed by atoms with van der Waals surface area (Å²) in [5.74, 6) is 0.814. The molecule has 0 aromatic carbocycles. The topological polar surface area (TPSA) is 50.1 Å². The van der Waals surface area contributed by atoms with Crippen molar-refractivity contribution in [2.24, 2.45) is 5.92 Å². The van der Waals surface area contributed by atoms with Crippen molar-refractivity contribution in [3.63, 3.8) is 0 Å². The zero-order valence-electron chi connectivity index (χ0n) is 16.5. The summed E-state index contributed by atoms with van der Waals surface area (Å²) in [6.07, 6.45) is 5.86. The number of rotatable bonds is 3. The lowest BCUT2D eigenvalue weighted by Crippen LogP contribution is -2.48. The highest BCUT2D eigenvalue weighted by atomic mass is 35.5. The second kappa shape index (κ2) is 7.01. The SMILES string of the molecule is C[C@@H]1CN(C(=O)c2nc3ccc(Cl)cn3c2CN2C[C@H]3CC[C@H]2C3)C[C@H](C)O1. The fourth-order valence-electron chi connectivity index (χ4n) is 5.30. The monoisotopic (exact) mass is 402 g/mol. The Morgan fingerprint density at radius 1 is 1.21 bits per heavy atom. The zero-order valence-corrected chi connectivity index (χ0v) is 17.2. The van der Waals surface area contributed by atoms with Gasteiger partial charge in [0.2, 0.25) is 0 Å². The first kappa shape index (κ1) is 18.4. The first-order valence-electron chi connectivity index (χ1n) is 10.3. The van der Waals surface area contributed by atoms with Crippen molar-refractivity contribution in [3.8, 4) is 0 Å². The molecule has 2 bridgehead atoms. The fourth-order valence-corrected chi connectivity index (χ4v) is 5.46. The summed E-state index contributed by atoms with van der Waals surface area (Å²) >= 11 is 6.27. The molecule has 6 nitrogen and oxygen atoms in total. The number of hydrogen-bond donors (Lipinski definition) is 0. The summed E-state index contributed by atoms with van der Waals surface area (Å²) < 4.78 is 7.81. The Kier molecular flexibility index (Phi) is 4.61. The molecular weight excluding hydrogens is 376 g/mol. The van der Waals surface area contributed by atoms with Crippen LogP contribution in [-0.4, -0.2) is 63.0 Å². The number of imidazole rings is 1. The molecule has 2 aromatic heterocycles. The van der Waals surface area contributed by atoms with Gasteiger partial charge in [0.1, 0.15) is 5.65 Å². The molecule has 0 spiro atoms. The predicted octanol–water partition coefficient (Wildman–Crippen LogP) is 3.22. The molecule has 150 valence electrons. The summed E-state index contributed by atoms with van der Waals surface area (Å²) in [6.45, 7) is 7.11. The molecule has 0 N–H and O–H groups in total. The van der Waals surface area contributed by atoms with Gasteiger partial charge in [-0.1, -0.05) is 11.6 Å². The first-order valence-corrected chi connectivity index (χ1v) is 10.7. The van der Waals surface area contributed by atoms with Gasteiger partial charge in [-0.15, -0.1) is 0 Å². The summed E-state index contributed by atoms with van der Waals surface area (Å²) in [4.78, 5) is 22.6. The van der Waals surface area contributed by atoms with Crippen LogP contribution in [0.4, 0.5) is 0 Å². The number of amides is 1. The molecule has 1 amide bonds. The average Bonchev–Trinajstić information content (AvgIpc) is 3.35. The fraction of sp³-hybridized carbons (Fsp3) is 0.619. The minimum atomic E-state index is 0.00109. The predicted molar refractivity (Wildman–Crippen MR) is 108 cm³/mol. The zero-order chi connectivity index (χ0) is 19.4. The smallest absolute Gasteiger partial charge is 0.274 e. The molecular formula is C21H27ClN4O2. The molecule has 28 heavy (non-hydrogen) atoms. The summed E-state index contributed by atoms with van der Waals surface area (Å²) in [6, 6.07) is 4.36. The Balaban J connectivity index is 1.51. The molecule has 4 heterocycles. The highest BCUT2D eigenvalue weighted by Crippen LogP contribution is 2.38. The van der Waals surface area contributed by atoms with Gasteiger partial charge in [0, 0.05) is 38.4 Å². The number of nitrogens with zero attached hydrogens (tertiary/aromatic N) is 4. The lowest BCUT2D eigenvalue weighted by atomic mass is 10.1. The Morgan fingerprint density at radius 3 is 2.68 bits per heavy atom. The van der Waals surface area contributed by atoms with E-state index in [1.54, 1.807) is 0 Å². The Bertz CT molecular complexity index is 903. The van der Waals surface area contributed by atoms with Crippen molar-refractivity contribution in [2.75, 3.05) is 19.6 Å². The minimum Gasteiger partial charge on any atom is -0.372 e. The second-order valence-corrected chi connectivity index (χ2v) is 9.15. The van der Waals surface area contributed by atoms with Crippen LogP contribution in [0.25, 0.3) is 5.65 Å². The summed E-state index contributed by atoms with van der Waals surface area (Å²) in [5, 5.41) is 0.654. The molecule has 1 saturated carbocycles. The number of carbonyl (C=O) groups excluding carboxylic acids is 1. The maximum atomic E-state index is 13.4. The van der Waals surface area contributed by atoms with E-state index in [9.17, 15) is 4.79 Å². The van der Waals surface area contributed by atoms with E-state index >= 15 is 0 Å². The van der Waals surface area contributed by atoms with E-state index in [1.165, 1.54) is 19.3 Å². The van der Waals surface area contributed by atoms with Gasteiger partial charge in [0.05, 0.1) is 22.9 Å². The van der Waals surface area contributed by atoms with Gasteiger partial charge in [-0.2, -0.15) is 0 Å². The normalized spacial score (nSPS) is 30.5. The largest absolute Gasteiger partial charge is 0.372 e. The quantitative estimate of drug-likeness (QED) is 0.791. The standard InChI is InChI=1S/C21H27ClN4O2/c1-13-8-25(9-14(2)28-13)21(27)20-18(12-24-10-15-3-5-17(24)7-15)26-11-16(22)4-6-19(26)23-20/h4,6,11,13-15,17H,3,5,7-10,12H2,1-2H3/t13-,14+,15-,17-/m0/s1. The number of likely N-dealkylation sites (tertiary alicyclic amines) is 1. The molecule has 3 fully saturated rings. The van der Waals surface area contributed by atoms with Crippen LogP contribution in [0.3, 0.4) is 0 Å². The molecule has 3 aliphatic rings. The lowest BCUT2D eigenvalue weighted by molar-refractivity contribution is -0.0587. The lowest BCUT2D eigenvalue weighted by Gasteiger charge is -2.35. The average molecular weight is 403 g/mol. The van der Waals surface area contributed by atoms with Gasteiger partial charge in [-0.3, -0.25) is 9.69 Å². The number of piperidine rings is 1. The number of pyridine rings is 1.